The van der Waals surface area contributed by atoms with Gasteiger partial charge in [-0.05, 0) is 12.8 Å². The van der Waals surface area contributed by atoms with Gasteiger partial charge in [-0.15, -0.1) is 0 Å². The predicted octanol–water partition coefficient (Wildman–Crippen LogP) is -0.986. The molecule has 0 bridgehead atoms. The minimum absolute atomic E-state index is 0.0622. The summed E-state index contributed by atoms with van der Waals surface area (Å²) in [5.41, 5.74) is 6.36. The number of likely N-dealkylation sites (tertiary alicyclic amines) is 1. The van der Waals surface area contributed by atoms with Crippen molar-refractivity contribution in [1.29, 1.82) is 0 Å². The standard InChI is InChI=1S/C15H23N5O3/c1-10(21)20-7-11(2-3-12(16)8-20)15(23)17-5-4-13-6-14(22)19-9-18-13/h6,9,11-12H,2-5,7-8,16H2,1H3,(H,17,23)(H,18,19,22)/t11-,12+/m1/s1. The molecule has 1 fully saturated rings. The van der Waals surface area contributed by atoms with Gasteiger partial charge in [0, 0.05) is 50.8 Å². The lowest BCUT2D eigenvalue weighted by molar-refractivity contribution is -0.131. The molecule has 1 aliphatic rings. The van der Waals surface area contributed by atoms with Crippen molar-refractivity contribution in [1.82, 2.24) is 20.2 Å². The van der Waals surface area contributed by atoms with E-state index in [0.717, 1.165) is 6.42 Å². The number of hydrogen-bond donors (Lipinski definition) is 3. The van der Waals surface area contributed by atoms with Crippen LogP contribution < -0.4 is 16.6 Å². The molecule has 23 heavy (non-hydrogen) atoms. The molecule has 0 aromatic carbocycles. The highest BCUT2D eigenvalue weighted by Crippen LogP contribution is 2.16. The molecule has 126 valence electrons. The van der Waals surface area contributed by atoms with Gasteiger partial charge in [-0.25, -0.2) is 4.98 Å². The van der Waals surface area contributed by atoms with Crippen LogP contribution in [-0.2, 0) is 16.0 Å². The van der Waals surface area contributed by atoms with Gasteiger partial charge in [-0.1, -0.05) is 0 Å². The first kappa shape index (κ1) is 17.1. The first-order valence-corrected chi connectivity index (χ1v) is 7.78. The van der Waals surface area contributed by atoms with E-state index in [2.05, 4.69) is 15.3 Å². The van der Waals surface area contributed by atoms with Gasteiger partial charge in [0.2, 0.25) is 11.8 Å². The fraction of sp³-hybridized carbons (Fsp3) is 0.600. The smallest absolute Gasteiger partial charge is 0.250 e. The lowest BCUT2D eigenvalue weighted by Crippen LogP contribution is -2.42. The first-order valence-electron chi connectivity index (χ1n) is 7.78. The summed E-state index contributed by atoms with van der Waals surface area (Å²) in [5.74, 6) is -0.400. The molecule has 1 aromatic rings. The maximum Gasteiger partial charge on any atom is 0.250 e. The van der Waals surface area contributed by atoms with Gasteiger partial charge in [-0.3, -0.25) is 14.4 Å². The van der Waals surface area contributed by atoms with Gasteiger partial charge < -0.3 is 20.9 Å². The van der Waals surface area contributed by atoms with Crippen molar-refractivity contribution in [3.63, 3.8) is 0 Å². The van der Waals surface area contributed by atoms with Crippen LogP contribution in [0.2, 0.25) is 0 Å². The van der Waals surface area contributed by atoms with Gasteiger partial charge in [0.15, 0.2) is 0 Å². The average molecular weight is 321 g/mol. The summed E-state index contributed by atoms with van der Waals surface area (Å²) in [6, 6.07) is 1.32. The van der Waals surface area contributed by atoms with E-state index in [1.807, 2.05) is 0 Å². The maximum atomic E-state index is 12.3. The Morgan fingerprint density at radius 1 is 1.43 bits per heavy atom. The molecule has 0 unspecified atom stereocenters. The molecule has 2 atom stereocenters. The minimum atomic E-state index is -0.250. The van der Waals surface area contributed by atoms with Gasteiger partial charge in [0.1, 0.15) is 0 Å². The summed E-state index contributed by atoms with van der Waals surface area (Å²) in [7, 11) is 0. The molecule has 1 saturated heterocycles. The quantitative estimate of drug-likeness (QED) is 0.658. The molecule has 0 aliphatic carbocycles. The van der Waals surface area contributed by atoms with Gasteiger partial charge in [0.05, 0.1) is 12.2 Å². The van der Waals surface area contributed by atoms with Crippen molar-refractivity contribution in [2.45, 2.75) is 32.2 Å². The number of rotatable bonds is 4. The van der Waals surface area contributed by atoms with Crippen LogP contribution in [0.5, 0.6) is 0 Å². The van der Waals surface area contributed by atoms with E-state index < -0.39 is 0 Å². The molecule has 8 nitrogen and oxygen atoms in total. The van der Waals surface area contributed by atoms with E-state index in [1.165, 1.54) is 19.3 Å². The van der Waals surface area contributed by atoms with Crippen LogP contribution in [-0.4, -0.2) is 52.4 Å². The Morgan fingerprint density at radius 2 is 2.22 bits per heavy atom. The lowest BCUT2D eigenvalue weighted by atomic mass is 10.0. The van der Waals surface area contributed by atoms with Crippen LogP contribution >= 0.6 is 0 Å². The van der Waals surface area contributed by atoms with Crippen molar-refractivity contribution < 1.29 is 9.59 Å². The summed E-state index contributed by atoms with van der Waals surface area (Å²) in [6.45, 7) is 2.79. The summed E-state index contributed by atoms with van der Waals surface area (Å²) in [6.07, 6.45) is 3.22. The number of H-pyrrole nitrogens is 1. The Hall–Kier alpha value is -2.22. The number of aromatic nitrogens is 2. The zero-order valence-electron chi connectivity index (χ0n) is 13.2. The topological polar surface area (TPSA) is 121 Å². The molecule has 0 spiro atoms. The van der Waals surface area contributed by atoms with Crippen molar-refractivity contribution in [2.24, 2.45) is 11.7 Å². The van der Waals surface area contributed by atoms with Crippen LogP contribution in [0.1, 0.15) is 25.5 Å². The van der Waals surface area contributed by atoms with Crippen molar-refractivity contribution in [2.75, 3.05) is 19.6 Å². The van der Waals surface area contributed by atoms with Gasteiger partial charge in [0.25, 0.3) is 5.56 Å². The molecule has 0 radical (unpaired) electrons. The highest BCUT2D eigenvalue weighted by molar-refractivity contribution is 5.80. The molecular weight excluding hydrogens is 298 g/mol. The third kappa shape index (κ3) is 5.17. The van der Waals surface area contributed by atoms with E-state index in [1.54, 1.807) is 4.90 Å². The number of carbonyl (C=O) groups excluding carboxylic acids is 2. The number of nitrogens with one attached hydrogen (secondary N) is 2. The second-order valence-corrected chi connectivity index (χ2v) is 5.90. The van der Waals surface area contributed by atoms with E-state index in [0.29, 0.717) is 38.2 Å². The van der Waals surface area contributed by atoms with Gasteiger partial charge >= 0.3 is 0 Å². The monoisotopic (exact) mass is 321 g/mol. The number of nitrogens with zero attached hydrogens (tertiary/aromatic N) is 2. The largest absolute Gasteiger partial charge is 0.355 e. The summed E-state index contributed by atoms with van der Waals surface area (Å²) >= 11 is 0. The zero-order valence-corrected chi connectivity index (χ0v) is 13.2. The Morgan fingerprint density at radius 3 is 2.91 bits per heavy atom. The highest BCUT2D eigenvalue weighted by atomic mass is 16.2. The number of aromatic amines is 1. The minimum Gasteiger partial charge on any atom is -0.355 e. The number of carbonyl (C=O) groups is 2. The van der Waals surface area contributed by atoms with Crippen molar-refractivity contribution >= 4 is 11.8 Å². The van der Waals surface area contributed by atoms with Crippen LogP contribution in [0, 0.1) is 5.92 Å². The Kier molecular flexibility index (Phi) is 5.86. The summed E-state index contributed by atoms with van der Waals surface area (Å²) in [5, 5.41) is 2.85. The van der Waals surface area contributed by atoms with Gasteiger partial charge in [-0.2, -0.15) is 0 Å². The van der Waals surface area contributed by atoms with E-state index in [4.69, 9.17) is 5.73 Å². The number of nitrogens with two attached hydrogens (primary N) is 1. The van der Waals surface area contributed by atoms with E-state index >= 15 is 0 Å². The Labute approximate surface area is 134 Å². The molecule has 4 N–H and O–H groups in total. The maximum absolute atomic E-state index is 12.3. The molecule has 2 amide bonds. The first-order chi connectivity index (χ1) is 11.0. The number of hydrogen-bond acceptors (Lipinski definition) is 5. The Bertz CT molecular complexity index is 615. The fourth-order valence-corrected chi connectivity index (χ4v) is 2.70. The lowest BCUT2D eigenvalue weighted by Gasteiger charge is -2.23. The third-order valence-electron chi connectivity index (χ3n) is 4.01. The molecular formula is C15H23N5O3. The van der Waals surface area contributed by atoms with Crippen LogP contribution in [0.3, 0.4) is 0 Å². The molecule has 2 heterocycles. The van der Waals surface area contributed by atoms with E-state index in [-0.39, 0.29) is 29.3 Å². The van der Waals surface area contributed by atoms with Crippen LogP contribution in [0.25, 0.3) is 0 Å². The molecule has 1 aliphatic heterocycles. The summed E-state index contributed by atoms with van der Waals surface area (Å²) < 4.78 is 0. The number of amides is 2. The van der Waals surface area contributed by atoms with Crippen LogP contribution in [0.4, 0.5) is 0 Å². The fourth-order valence-electron chi connectivity index (χ4n) is 2.70. The second kappa shape index (κ2) is 7.87. The molecule has 1 aromatic heterocycles. The van der Waals surface area contributed by atoms with E-state index in [9.17, 15) is 14.4 Å². The second-order valence-electron chi connectivity index (χ2n) is 5.90. The Balaban J connectivity index is 1.86. The average Bonchev–Trinajstić information content (AvgIpc) is 2.69. The normalized spacial score (nSPS) is 21.6. The zero-order chi connectivity index (χ0) is 16.8. The van der Waals surface area contributed by atoms with Crippen LogP contribution in [0.15, 0.2) is 17.2 Å². The SMILES string of the molecule is CC(=O)N1C[C@@H](N)CC[C@@H](C(=O)NCCc2cc(=O)[nH]cn2)C1. The molecule has 0 saturated carbocycles. The third-order valence-corrected chi connectivity index (χ3v) is 4.01. The van der Waals surface area contributed by atoms with Crippen molar-refractivity contribution in [3.05, 3.63) is 28.4 Å². The highest BCUT2D eigenvalue weighted by Gasteiger charge is 2.28. The predicted molar refractivity (Wildman–Crippen MR) is 84.5 cm³/mol. The summed E-state index contributed by atoms with van der Waals surface area (Å²) in [4.78, 5) is 43.2. The molecule has 2 rings (SSSR count). The van der Waals surface area contributed by atoms with Crippen molar-refractivity contribution in [3.8, 4) is 0 Å². The molecule has 8 heteroatoms.